The molecule has 0 aliphatic rings. The van der Waals surface area contributed by atoms with E-state index in [9.17, 15) is 4.79 Å². The Hall–Kier alpha value is -3.16. The third-order valence-electron chi connectivity index (χ3n) is 4.68. The fraction of sp³-hybridized carbons (Fsp3) is 0.190. The van der Waals surface area contributed by atoms with Crippen molar-refractivity contribution in [1.82, 2.24) is 24.8 Å². The van der Waals surface area contributed by atoms with E-state index < -0.39 is 0 Å². The standard InChI is InChI=1S/C21H20ClN5O2/c1-23-21(28)14-5-8-16-18(11-14)27(9-10-29-2)20(26-16)17-12-24-19(25-17)13-3-6-15(22)7-4-13/h3-8,11-12H,9-10H2,1-2H3,(H,23,28)(H,24,25). The van der Waals surface area contributed by atoms with Gasteiger partial charge in [0.25, 0.3) is 5.91 Å². The number of imidazole rings is 2. The summed E-state index contributed by atoms with van der Waals surface area (Å²) >= 11 is 5.98. The predicted molar refractivity (Wildman–Crippen MR) is 113 cm³/mol. The van der Waals surface area contributed by atoms with Gasteiger partial charge in [0.1, 0.15) is 11.5 Å². The summed E-state index contributed by atoms with van der Waals surface area (Å²) in [6.45, 7) is 1.10. The molecular weight excluding hydrogens is 390 g/mol. The fourth-order valence-corrected chi connectivity index (χ4v) is 3.33. The first-order valence-corrected chi connectivity index (χ1v) is 9.51. The quantitative estimate of drug-likeness (QED) is 0.508. The number of carbonyl (C=O) groups excluding carboxylic acids is 1. The molecule has 2 aromatic heterocycles. The van der Waals surface area contributed by atoms with E-state index in [1.807, 2.05) is 47.2 Å². The number of amides is 1. The smallest absolute Gasteiger partial charge is 0.251 e. The highest BCUT2D eigenvalue weighted by atomic mass is 35.5. The van der Waals surface area contributed by atoms with Crippen LogP contribution in [0.15, 0.2) is 48.7 Å². The van der Waals surface area contributed by atoms with Crippen molar-refractivity contribution in [2.24, 2.45) is 0 Å². The molecule has 0 radical (unpaired) electrons. The number of hydrogen-bond acceptors (Lipinski definition) is 4. The van der Waals surface area contributed by atoms with Crippen LogP contribution < -0.4 is 5.32 Å². The third kappa shape index (κ3) is 3.74. The van der Waals surface area contributed by atoms with E-state index >= 15 is 0 Å². The van der Waals surface area contributed by atoms with Gasteiger partial charge in [-0.2, -0.15) is 0 Å². The lowest BCUT2D eigenvalue weighted by molar-refractivity contribution is 0.0963. The Morgan fingerprint density at radius 3 is 2.72 bits per heavy atom. The molecule has 1 amide bonds. The molecule has 0 saturated heterocycles. The van der Waals surface area contributed by atoms with Crippen molar-refractivity contribution in [1.29, 1.82) is 0 Å². The normalized spacial score (nSPS) is 11.1. The van der Waals surface area contributed by atoms with Crippen molar-refractivity contribution in [3.05, 3.63) is 59.2 Å². The molecule has 148 valence electrons. The number of aromatic nitrogens is 4. The molecule has 2 N–H and O–H groups in total. The number of rotatable bonds is 6. The number of benzene rings is 2. The SMILES string of the molecule is CNC(=O)c1ccc2nc(-c3c[nH]c(-c4ccc(Cl)cc4)n3)n(CCOC)c2c1. The van der Waals surface area contributed by atoms with Gasteiger partial charge in [0.05, 0.1) is 17.6 Å². The highest BCUT2D eigenvalue weighted by molar-refractivity contribution is 6.30. The lowest BCUT2D eigenvalue weighted by Crippen LogP contribution is -2.17. The number of hydrogen-bond donors (Lipinski definition) is 2. The topological polar surface area (TPSA) is 84.8 Å². The molecule has 4 rings (SSSR count). The van der Waals surface area contributed by atoms with E-state index in [1.54, 1.807) is 20.2 Å². The molecule has 0 fully saturated rings. The maximum atomic E-state index is 12.1. The van der Waals surface area contributed by atoms with Gasteiger partial charge in [-0.25, -0.2) is 9.97 Å². The highest BCUT2D eigenvalue weighted by Gasteiger charge is 2.17. The van der Waals surface area contributed by atoms with Gasteiger partial charge < -0.3 is 19.6 Å². The lowest BCUT2D eigenvalue weighted by atomic mass is 10.2. The Kier molecular flexibility index (Phi) is 5.33. The van der Waals surface area contributed by atoms with E-state index in [-0.39, 0.29) is 5.91 Å². The molecule has 0 spiro atoms. The monoisotopic (exact) mass is 409 g/mol. The summed E-state index contributed by atoms with van der Waals surface area (Å²) in [5, 5.41) is 3.33. The number of halogens is 1. The minimum Gasteiger partial charge on any atom is -0.383 e. The summed E-state index contributed by atoms with van der Waals surface area (Å²) in [6, 6.07) is 12.9. The van der Waals surface area contributed by atoms with Gasteiger partial charge in [-0.3, -0.25) is 4.79 Å². The van der Waals surface area contributed by atoms with Crippen molar-refractivity contribution < 1.29 is 9.53 Å². The Morgan fingerprint density at radius 1 is 1.21 bits per heavy atom. The van der Waals surface area contributed by atoms with Gasteiger partial charge in [-0.15, -0.1) is 0 Å². The molecule has 0 atom stereocenters. The fourth-order valence-electron chi connectivity index (χ4n) is 3.20. The molecule has 0 aliphatic carbocycles. The first-order chi connectivity index (χ1) is 14.1. The van der Waals surface area contributed by atoms with Crippen LogP contribution in [-0.2, 0) is 11.3 Å². The van der Waals surface area contributed by atoms with Crippen LogP contribution in [0, 0.1) is 0 Å². The molecule has 2 aromatic carbocycles. The number of ether oxygens (including phenoxy) is 1. The average Bonchev–Trinajstić information content (AvgIpc) is 3.36. The molecule has 4 aromatic rings. The van der Waals surface area contributed by atoms with E-state index in [1.165, 1.54) is 0 Å². The molecule has 0 aliphatic heterocycles. The summed E-state index contributed by atoms with van der Waals surface area (Å²) in [6.07, 6.45) is 1.83. The lowest BCUT2D eigenvalue weighted by Gasteiger charge is -2.08. The Labute approximate surface area is 172 Å². The maximum Gasteiger partial charge on any atom is 0.251 e. The zero-order valence-corrected chi connectivity index (χ0v) is 16.8. The van der Waals surface area contributed by atoms with E-state index in [2.05, 4.69) is 10.3 Å². The second-order valence-electron chi connectivity index (χ2n) is 6.50. The number of nitrogens with zero attached hydrogens (tertiary/aromatic N) is 3. The van der Waals surface area contributed by atoms with Gasteiger partial charge in [-0.05, 0) is 42.5 Å². The molecule has 0 saturated carbocycles. The van der Waals surface area contributed by atoms with Crippen LogP contribution in [-0.4, -0.2) is 46.2 Å². The molecule has 7 nitrogen and oxygen atoms in total. The largest absolute Gasteiger partial charge is 0.383 e. The first-order valence-electron chi connectivity index (χ1n) is 9.13. The Bertz CT molecular complexity index is 1160. The second-order valence-corrected chi connectivity index (χ2v) is 6.94. The van der Waals surface area contributed by atoms with E-state index in [4.69, 9.17) is 26.3 Å². The van der Waals surface area contributed by atoms with Gasteiger partial charge in [-0.1, -0.05) is 11.6 Å². The molecule has 0 unspecified atom stereocenters. The van der Waals surface area contributed by atoms with Crippen molar-refractivity contribution in [3.63, 3.8) is 0 Å². The van der Waals surface area contributed by atoms with E-state index in [0.29, 0.717) is 35.3 Å². The molecule has 29 heavy (non-hydrogen) atoms. The third-order valence-corrected chi connectivity index (χ3v) is 4.93. The summed E-state index contributed by atoms with van der Waals surface area (Å²) < 4.78 is 7.29. The van der Waals surface area contributed by atoms with Gasteiger partial charge in [0.15, 0.2) is 5.82 Å². The number of nitrogens with one attached hydrogen (secondary N) is 2. The van der Waals surface area contributed by atoms with Crippen LogP contribution in [0.25, 0.3) is 33.9 Å². The van der Waals surface area contributed by atoms with Gasteiger partial charge in [0, 0.05) is 43.0 Å². The number of H-pyrrole nitrogens is 1. The molecule has 0 bridgehead atoms. The molecular formula is C21H20ClN5O2. The van der Waals surface area contributed by atoms with Crippen LogP contribution in [0.3, 0.4) is 0 Å². The highest BCUT2D eigenvalue weighted by Crippen LogP contribution is 2.27. The second kappa shape index (κ2) is 8.06. The predicted octanol–water partition coefficient (Wildman–Crippen LogP) is 3.75. The maximum absolute atomic E-state index is 12.1. The number of fused-ring (bicyclic) bond motifs is 1. The van der Waals surface area contributed by atoms with Gasteiger partial charge in [0.2, 0.25) is 0 Å². The summed E-state index contributed by atoms with van der Waals surface area (Å²) in [5.74, 6) is 1.30. The van der Waals surface area contributed by atoms with Crippen molar-refractivity contribution in [3.8, 4) is 22.9 Å². The van der Waals surface area contributed by atoms with Crippen molar-refractivity contribution in [2.75, 3.05) is 20.8 Å². The summed E-state index contributed by atoms with van der Waals surface area (Å²) in [5.41, 5.74) is 3.87. The van der Waals surface area contributed by atoms with Crippen LogP contribution >= 0.6 is 11.6 Å². The number of carbonyl (C=O) groups is 1. The average molecular weight is 410 g/mol. The zero-order chi connectivity index (χ0) is 20.4. The summed E-state index contributed by atoms with van der Waals surface area (Å²) in [7, 11) is 3.27. The van der Waals surface area contributed by atoms with Gasteiger partial charge >= 0.3 is 0 Å². The Balaban J connectivity index is 1.80. The van der Waals surface area contributed by atoms with Crippen LogP contribution in [0.1, 0.15) is 10.4 Å². The number of methoxy groups -OCH3 is 1. The van der Waals surface area contributed by atoms with Crippen LogP contribution in [0.2, 0.25) is 5.02 Å². The first kappa shape index (κ1) is 19.2. The van der Waals surface area contributed by atoms with Crippen molar-refractivity contribution in [2.45, 2.75) is 6.54 Å². The van der Waals surface area contributed by atoms with E-state index in [0.717, 1.165) is 22.4 Å². The summed E-state index contributed by atoms with van der Waals surface area (Å²) in [4.78, 5) is 24.7. The minimum atomic E-state index is -0.141. The number of aromatic amines is 1. The minimum absolute atomic E-state index is 0.141. The van der Waals surface area contributed by atoms with Crippen LogP contribution in [0.5, 0.6) is 0 Å². The zero-order valence-electron chi connectivity index (χ0n) is 16.1. The van der Waals surface area contributed by atoms with Crippen molar-refractivity contribution >= 4 is 28.5 Å². The molecule has 2 heterocycles. The Morgan fingerprint density at radius 2 is 2.00 bits per heavy atom. The van der Waals surface area contributed by atoms with Crippen LogP contribution in [0.4, 0.5) is 0 Å². The molecule has 8 heteroatoms.